The zero-order chi connectivity index (χ0) is 28.7. The minimum atomic E-state index is -4.37. The fraction of sp³-hybridized carbons (Fsp3) is 0.423. The average molecular weight is 589 g/mol. The van der Waals surface area contributed by atoms with Gasteiger partial charge >= 0.3 is 0 Å². The van der Waals surface area contributed by atoms with Crippen LogP contribution < -0.4 is 20.3 Å². The second kappa shape index (κ2) is 10.8. The number of aryl methyl sites for hydroxylation is 1. The van der Waals surface area contributed by atoms with Crippen molar-refractivity contribution >= 4 is 48.5 Å². The minimum Gasteiger partial charge on any atom is -0.506 e. The predicted molar refractivity (Wildman–Crippen MR) is 153 cm³/mol. The number of sulfonamides is 1. The van der Waals surface area contributed by atoms with Crippen molar-refractivity contribution in [3.63, 3.8) is 0 Å². The number of fused-ring (bicyclic) bond motifs is 2. The first kappa shape index (κ1) is 28.1. The van der Waals surface area contributed by atoms with Crippen molar-refractivity contribution in [1.29, 1.82) is 0 Å². The number of benzene rings is 1. The molecule has 0 amide bonds. The zero-order valence-electron chi connectivity index (χ0n) is 22.2. The summed E-state index contributed by atoms with van der Waals surface area (Å²) in [6.07, 6.45) is 6.63. The molecule has 12 nitrogen and oxygen atoms in total. The van der Waals surface area contributed by atoms with Gasteiger partial charge in [-0.05, 0) is 55.5 Å². The summed E-state index contributed by atoms with van der Waals surface area (Å²) < 4.78 is 62.1. The summed E-state index contributed by atoms with van der Waals surface area (Å²) in [6, 6.07) is 7.00. The van der Waals surface area contributed by atoms with Crippen LogP contribution in [0.4, 0.5) is 11.4 Å². The molecule has 1 fully saturated rings. The molecule has 0 bridgehead atoms. The number of pyridine rings is 2. The molecule has 4 N–H and O–H groups in total. The van der Waals surface area contributed by atoms with E-state index in [2.05, 4.69) is 24.1 Å². The molecule has 1 aliphatic carbocycles. The molecule has 1 aliphatic heterocycles. The fourth-order valence-electron chi connectivity index (χ4n) is 5.03. The van der Waals surface area contributed by atoms with Gasteiger partial charge in [-0.15, -0.1) is 4.40 Å². The van der Waals surface area contributed by atoms with Crippen LogP contribution >= 0.6 is 0 Å². The molecular formula is C26H32N6O6S2. The molecule has 214 valence electrons. The lowest BCUT2D eigenvalue weighted by atomic mass is 9.96. The second-order valence-electron chi connectivity index (χ2n) is 10.5. The lowest BCUT2D eigenvalue weighted by Crippen LogP contribution is -2.39. The molecule has 14 heteroatoms. The number of hydrogen-bond acceptors (Lipinski definition) is 8. The van der Waals surface area contributed by atoms with Crippen LogP contribution in [0, 0.1) is 5.92 Å². The van der Waals surface area contributed by atoms with Crippen LogP contribution in [0.3, 0.4) is 0 Å². The van der Waals surface area contributed by atoms with E-state index in [4.69, 9.17) is 0 Å². The molecule has 1 saturated carbocycles. The highest BCUT2D eigenvalue weighted by molar-refractivity contribution is 7.91. The van der Waals surface area contributed by atoms with E-state index in [0.29, 0.717) is 13.0 Å². The molecule has 2 aromatic heterocycles. The molecule has 3 aromatic rings. The highest BCUT2D eigenvalue weighted by Crippen LogP contribution is 2.34. The Kier molecular flexibility index (Phi) is 7.59. The Hall–Kier alpha value is -3.49. The molecule has 0 saturated heterocycles. The lowest BCUT2D eigenvalue weighted by Gasteiger charge is -2.23. The van der Waals surface area contributed by atoms with Gasteiger partial charge in [-0.3, -0.25) is 14.1 Å². The van der Waals surface area contributed by atoms with Gasteiger partial charge in [-0.25, -0.2) is 4.98 Å². The lowest BCUT2D eigenvalue weighted by molar-refractivity contribution is 0.413. The van der Waals surface area contributed by atoms with Gasteiger partial charge in [0.2, 0.25) is 0 Å². The van der Waals surface area contributed by atoms with Crippen molar-refractivity contribution in [1.82, 2.24) is 14.3 Å². The maximum absolute atomic E-state index is 13.6. The Morgan fingerprint density at radius 2 is 1.93 bits per heavy atom. The highest BCUT2D eigenvalue weighted by atomic mass is 32.2. The Bertz CT molecular complexity index is 1760. The average Bonchev–Trinajstić information content (AvgIpc) is 2.89. The molecule has 40 heavy (non-hydrogen) atoms. The van der Waals surface area contributed by atoms with Gasteiger partial charge in [-0.1, -0.05) is 33.1 Å². The van der Waals surface area contributed by atoms with E-state index < -0.39 is 31.5 Å². The normalized spacial score (nSPS) is 17.3. The third kappa shape index (κ3) is 5.69. The predicted octanol–water partition coefficient (Wildman–Crippen LogP) is 3.29. The number of nitrogens with zero attached hydrogens (tertiary/aromatic N) is 3. The van der Waals surface area contributed by atoms with E-state index >= 15 is 0 Å². The van der Waals surface area contributed by atoms with Gasteiger partial charge < -0.3 is 10.4 Å². The Balaban J connectivity index is 1.50. The number of aromatic nitrogens is 2. The summed E-state index contributed by atoms with van der Waals surface area (Å²) in [5, 5.41) is 14.2. The molecule has 5 rings (SSSR count). The van der Waals surface area contributed by atoms with Crippen molar-refractivity contribution in [2.24, 2.45) is 10.3 Å². The van der Waals surface area contributed by atoms with E-state index in [1.807, 2.05) is 13.8 Å². The summed E-state index contributed by atoms with van der Waals surface area (Å²) in [4.78, 5) is 17.6. The van der Waals surface area contributed by atoms with Crippen LogP contribution in [-0.4, -0.2) is 43.4 Å². The van der Waals surface area contributed by atoms with E-state index in [0.717, 1.165) is 32.1 Å². The summed E-state index contributed by atoms with van der Waals surface area (Å²) in [6.45, 7) is 4.34. The topological polar surface area (TPSA) is 172 Å². The van der Waals surface area contributed by atoms with Crippen LogP contribution in [0.2, 0.25) is 0 Å². The smallest absolute Gasteiger partial charge is 0.299 e. The van der Waals surface area contributed by atoms with Crippen molar-refractivity contribution < 1.29 is 21.9 Å². The van der Waals surface area contributed by atoms with Crippen LogP contribution in [0.5, 0.6) is 5.75 Å². The number of nitrogens with one attached hydrogen (secondary N) is 3. The number of aromatic hydroxyl groups is 1. The van der Waals surface area contributed by atoms with Crippen molar-refractivity contribution in [2.45, 2.75) is 69.9 Å². The maximum atomic E-state index is 13.6. The summed E-state index contributed by atoms with van der Waals surface area (Å²) >= 11 is 0. The van der Waals surface area contributed by atoms with Crippen molar-refractivity contribution in [2.75, 3.05) is 10.0 Å². The third-order valence-corrected chi connectivity index (χ3v) is 9.53. The first-order valence-corrected chi connectivity index (χ1v) is 16.1. The van der Waals surface area contributed by atoms with Gasteiger partial charge in [0.1, 0.15) is 21.9 Å². The number of rotatable bonds is 8. The highest BCUT2D eigenvalue weighted by Gasteiger charge is 2.31. The molecule has 2 aliphatic rings. The third-order valence-electron chi connectivity index (χ3n) is 7.06. The van der Waals surface area contributed by atoms with Gasteiger partial charge in [0.15, 0.2) is 5.84 Å². The minimum absolute atomic E-state index is 0.0433. The Labute approximate surface area is 232 Å². The molecule has 3 heterocycles. The summed E-state index contributed by atoms with van der Waals surface area (Å²) in [5.74, 6) is -0.479. The van der Waals surface area contributed by atoms with Crippen LogP contribution in [-0.2, 0) is 26.8 Å². The molecule has 0 atom stereocenters. The van der Waals surface area contributed by atoms with E-state index in [-0.39, 0.29) is 50.7 Å². The fourth-order valence-corrected chi connectivity index (χ4v) is 7.35. The van der Waals surface area contributed by atoms with Crippen LogP contribution in [0.1, 0.15) is 57.9 Å². The number of amidine groups is 1. The van der Waals surface area contributed by atoms with Gasteiger partial charge in [-0.2, -0.15) is 21.6 Å². The zero-order valence-corrected chi connectivity index (χ0v) is 23.8. The monoisotopic (exact) mass is 588 g/mol. The van der Waals surface area contributed by atoms with Gasteiger partial charge in [0.05, 0.1) is 16.8 Å². The molecule has 1 aromatic carbocycles. The number of anilines is 2. The summed E-state index contributed by atoms with van der Waals surface area (Å²) in [7, 11) is -8.31. The first-order valence-electron chi connectivity index (χ1n) is 13.2. The largest absolute Gasteiger partial charge is 0.506 e. The van der Waals surface area contributed by atoms with E-state index in [1.165, 1.54) is 29.0 Å². The number of hydrogen-bond donors (Lipinski definition) is 4. The van der Waals surface area contributed by atoms with Gasteiger partial charge in [0.25, 0.3) is 25.8 Å². The Morgan fingerprint density at radius 3 is 2.65 bits per heavy atom. The maximum Gasteiger partial charge on any atom is 0.299 e. The van der Waals surface area contributed by atoms with Crippen LogP contribution in [0.15, 0.2) is 50.6 Å². The quantitative estimate of drug-likeness (QED) is 0.310. The van der Waals surface area contributed by atoms with Crippen molar-refractivity contribution in [3.8, 4) is 5.75 Å². The first-order chi connectivity index (χ1) is 18.9. The van der Waals surface area contributed by atoms with Crippen molar-refractivity contribution in [3.05, 3.63) is 52.4 Å². The molecule has 0 spiro atoms. The van der Waals surface area contributed by atoms with Crippen LogP contribution in [0.25, 0.3) is 11.0 Å². The molecule has 0 radical (unpaired) electrons. The SMILES string of the molecule is CC(C)CCn1c(=O)c(C2=NS(=O)(=O)c3cc(NS(=O)(=O)NC4CCCCC4)ccc3N2)c(O)c2cccnc21. The Morgan fingerprint density at radius 1 is 1.18 bits per heavy atom. The van der Waals surface area contributed by atoms with E-state index in [1.54, 1.807) is 12.1 Å². The molecule has 0 unspecified atom stereocenters. The molecular weight excluding hydrogens is 556 g/mol. The second-order valence-corrected chi connectivity index (χ2v) is 13.6. The standard InChI is InChI=1S/C26H32N6O6S2/c1-16(2)12-14-32-25-19(9-6-13-27-25)23(33)22(26(32)34)24-28-20-11-10-18(15-21(20)39(35,36)31-24)30-40(37,38)29-17-7-4-3-5-8-17/h6,9-11,13,15-17,29-30,33H,3-5,7-8,12,14H2,1-2H3,(H,28,31). The summed E-state index contributed by atoms with van der Waals surface area (Å²) in [5.41, 5.74) is -0.506. The van der Waals surface area contributed by atoms with Gasteiger partial charge in [0, 0.05) is 18.8 Å². The van der Waals surface area contributed by atoms with E-state index in [9.17, 15) is 26.7 Å².